The van der Waals surface area contributed by atoms with Crippen molar-refractivity contribution in [1.29, 1.82) is 0 Å². The molecule has 0 aliphatic heterocycles. The van der Waals surface area contributed by atoms with Gasteiger partial charge in [-0.25, -0.2) is 19.6 Å². The summed E-state index contributed by atoms with van der Waals surface area (Å²) in [6, 6.07) is 8.25. The summed E-state index contributed by atoms with van der Waals surface area (Å²) in [7, 11) is 0. The maximum absolute atomic E-state index is 12.6. The fourth-order valence-electron chi connectivity index (χ4n) is 2.53. The minimum atomic E-state index is -0.994. The van der Waals surface area contributed by atoms with Crippen LogP contribution < -0.4 is 10.6 Å². The number of amides is 1. The molecule has 1 aromatic carbocycles. The number of hydrogen-bond acceptors (Lipinski definition) is 7. The second-order valence-corrected chi connectivity index (χ2v) is 7.88. The van der Waals surface area contributed by atoms with E-state index in [-0.39, 0.29) is 13.2 Å². The molecule has 1 heterocycles. The Morgan fingerprint density at radius 3 is 2.50 bits per heavy atom. The highest BCUT2D eigenvalue weighted by molar-refractivity contribution is 6.30. The topological polar surface area (TPSA) is 102 Å². The third-order valence-corrected chi connectivity index (χ3v) is 4.24. The van der Waals surface area contributed by atoms with Gasteiger partial charge in [0.15, 0.2) is 0 Å². The quantitative estimate of drug-likeness (QED) is 0.481. The standard InChI is InChI=1S/C21H27ClN4O4/c1-5-15-17(22)24-13-25-18(15)23-11-16(19(27)30-21(2,3)4)26-20(28)29-12-14-9-7-6-8-10-14/h6-10,13,16H,5,11-12H2,1-4H3,(H,26,28)(H,23,24,25). The molecule has 162 valence electrons. The Kier molecular flexibility index (Phi) is 8.41. The Labute approximate surface area is 181 Å². The Morgan fingerprint density at radius 2 is 1.87 bits per heavy atom. The van der Waals surface area contributed by atoms with Crippen molar-refractivity contribution < 1.29 is 19.1 Å². The molecule has 0 aliphatic carbocycles. The van der Waals surface area contributed by atoms with Crippen LogP contribution in [0.1, 0.15) is 38.8 Å². The number of benzene rings is 1. The maximum atomic E-state index is 12.6. The number of anilines is 1. The van der Waals surface area contributed by atoms with Gasteiger partial charge in [-0.3, -0.25) is 0 Å². The Hall–Kier alpha value is -2.87. The minimum Gasteiger partial charge on any atom is -0.458 e. The van der Waals surface area contributed by atoms with Gasteiger partial charge in [-0.1, -0.05) is 48.9 Å². The third kappa shape index (κ3) is 7.51. The first-order chi connectivity index (χ1) is 14.2. The molecule has 2 aromatic rings. The predicted molar refractivity (Wildman–Crippen MR) is 114 cm³/mol. The molecule has 1 atom stereocenters. The highest BCUT2D eigenvalue weighted by atomic mass is 35.5. The number of alkyl carbamates (subject to hydrolysis) is 1. The van der Waals surface area contributed by atoms with Gasteiger partial charge in [0, 0.05) is 12.1 Å². The molecule has 0 spiro atoms. The van der Waals surface area contributed by atoms with Gasteiger partial charge in [0.25, 0.3) is 0 Å². The van der Waals surface area contributed by atoms with Crippen LogP contribution in [0.3, 0.4) is 0 Å². The summed E-state index contributed by atoms with van der Waals surface area (Å²) in [6.45, 7) is 7.30. The molecule has 30 heavy (non-hydrogen) atoms. The van der Waals surface area contributed by atoms with E-state index in [0.29, 0.717) is 23.0 Å². The molecule has 1 unspecified atom stereocenters. The van der Waals surface area contributed by atoms with E-state index in [1.807, 2.05) is 37.3 Å². The lowest BCUT2D eigenvalue weighted by atomic mass is 10.2. The van der Waals surface area contributed by atoms with Gasteiger partial charge >= 0.3 is 12.1 Å². The largest absolute Gasteiger partial charge is 0.458 e. The van der Waals surface area contributed by atoms with Gasteiger partial charge in [-0.2, -0.15) is 0 Å². The van der Waals surface area contributed by atoms with Gasteiger partial charge in [-0.05, 0) is 32.8 Å². The maximum Gasteiger partial charge on any atom is 0.408 e. The van der Waals surface area contributed by atoms with Crippen LogP contribution in [0.2, 0.25) is 5.15 Å². The van der Waals surface area contributed by atoms with Gasteiger partial charge < -0.3 is 20.1 Å². The first-order valence-electron chi connectivity index (χ1n) is 9.63. The zero-order valence-corrected chi connectivity index (χ0v) is 18.3. The van der Waals surface area contributed by atoms with Gasteiger partial charge in [0.2, 0.25) is 0 Å². The molecule has 0 fully saturated rings. The first-order valence-corrected chi connectivity index (χ1v) is 10.0. The summed E-state index contributed by atoms with van der Waals surface area (Å²) >= 11 is 6.11. The summed E-state index contributed by atoms with van der Waals surface area (Å²) in [5, 5.41) is 5.93. The number of carbonyl (C=O) groups excluding carboxylic acids is 2. The van der Waals surface area contributed by atoms with Crippen molar-refractivity contribution in [3.8, 4) is 0 Å². The van der Waals surface area contributed by atoms with E-state index >= 15 is 0 Å². The lowest BCUT2D eigenvalue weighted by molar-refractivity contribution is -0.156. The summed E-state index contributed by atoms with van der Waals surface area (Å²) in [5.41, 5.74) is 0.842. The fourth-order valence-corrected chi connectivity index (χ4v) is 2.80. The fraction of sp³-hybridized carbons (Fsp3) is 0.429. The number of halogens is 1. The number of nitrogens with zero attached hydrogens (tertiary/aromatic N) is 2. The van der Waals surface area contributed by atoms with E-state index in [0.717, 1.165) is 5.56 Å². The van der Waals surface area contributed by atoms with Crippen molar-refractivity contribution >= 4 is 29.5 Å². The van der Waals surface area contributed by atoms with Crippen molar-refractivity contribution in [2.75, 3.05) is 11.9 Å². The van der Waals surface area contributed by atoms with Crippen LogP contribution >= 0.6 is 11.6 Å². The van der Waals surface area contributed by atoms with Crippen LogP contribution in [-0.2, 0) is 27.3 Å². The molecule has 1 aromatic heterocycles. The monoisotopic (exact) mass is 434 g/mol. The van der Waals surface area contributed by atoms with E-state index in [9.17, 15) is 9.59 Å². The second kappa shape index (κ2) is 10.8. The van der Waals surface area contributed by atoms with Crippen LogP contribution in [0, 0.1) is 0 Å². The number of carbonyl (C=O) groups is 2. The Morgan fingerprint density at radius 1 is 1.17 bits per heavy atom. The lowest BCUT2D eigenvalue weighted by Gasteiger charge is -2.25. The number of esters is 1. The second-order valence-electron chi connectivity index (χ2n) is 7.52. The molecule has 0 bridgehead atoms. The number of nitrogens with one attached hydrogen (secondary N) is 2. The molecule has 0 aliphatic rings. The first kappa shape index (κ1) is 23.4. The molecular weight excluding hydrogens is 408 g/mol. The summed E-state index contributed by atoms with van der Waals surface area (Å²) in [5.74, 6) is -0.102. The Bertz CT molecular complexity index is 856. The Balaban J connectivity index is 2.05. The average Bonchev–Trinajstić information content (AvgIpc) is 2.69. The van der Waals surface area contributed by atoms with Crippen molar-refractivity contribution in [3.63, 3.8) is 0 Å². The van der Waals surface area contributed by atoms with Crippen LogP contribution in [-0.4, -0.2) is 40.2 Å². The predicted octanol–water partition coefficient (Wildman–Crippen LogP) is 3.74. The SMILES string of the molecule is CCc1c(Cl)ncnc1NCC(NC(=O)OCc1ccccc1)C(=O)OC(C)(C)C. The molecule has 0 saturated carbocycles. The molecule has 8 nitrogen and oxygen atoms in total. The van der Waals surface area contributed by atoms with E-state index in [4.69, 9.17) is 21.1 Å². The van der Waals surface area contributed by atoms with E-state index in [1.165, 1.54) is 6.33 Å². The number of aromatic nitrogens is 2. The molecule has 2 rings (SSSR count). The zero-order valence-electron chi connectivity index (χ0n) is 17.6. The van der Waals surface area contributed by atoms with Crippen molar-refractivity contribution in [2.24, 2.45) is 0 Å². The molecule has 0 radical (unpaired) electrons. The van der Waals surface area contributed by atoms with Gasteiger partial charge in [0.1, 0.15) is 35.5 Å². The van der Waals surface area contributed by atoms with Crippen molar-refractivity contribution in [3.05, 3.63) is 52.9 Å². The average molecular weight is 435 g/mol. The molecule has 9 heteroatoms. The van der Waals surface area contributed by atoms with E-state index in [1.54, 1.807) is 20.8 Å². The number of rotatable bonds is 8. The minimum absolute atomic E-state index is 0.0374. The highest BCUT2D eigenvalue weighted by Crippen LogP contribution is 2.20. The van der Waals surface area contributed by atoms with Gasteiger partial charge in [-0.15, -0.1) is 0 Å². The number of ether oxygens (including phenoxy) is 2. The summed E-state index contributed by atoms with van der Waals surface area (Å²) in [6.07, 6.45) is 1.20. The van der Waals surface area contributed by atoms with Gasteiger partial charge in [0.05, 0.1) is 0 Å². The van der Waals surface area contributed by atoms with Crippen LogP contribution in [0.4, 0.5) is 10.6 Å². The van der Waals surface area contributed by atoms with Crippen molar-refractivity contribution in [1.82, 2.24) is 15.3 Å². The van der Waals surface area contributed by atoms with E-state index < -0.39 is 23.7 Å². The summed E-state index contributed by atoms with van der Waals surface area (Å²) < 4.78 is 10.6. The smallest absolute Gasteiger partial charge is 0.408 e. The normalized spacial score (nSPS) is 12.0. The van der Waals surface area contributed by atoms with Crippen LogP contribution in [0.15, 0.2) is 36.7 Å². The zero-order chi connectivity index (χ0) is 22.1. The number of hydrogen-bond donors (Lipinski definition) is 2. The van der Waals surface area contributed by atoms with Crippen molar-refractivity contribution in [2.45, 2.75) is 52.4 Å². The summed E-state index contributed by atoms with van der Waals surface area (Å²) in [4.78, 5) is 33.0. The molecule has 0 saturated heterocycles. The lowest BCUT2D eigenvalue weighted by Crippen LogP contribution is -2.48. The third-order valence-electron chi connectivity index (χ3n) is 3.92. The van der Waals surface area contributed by atoms with Crippen LogP contribution in [0.25, 0.3) is 0 Å². The molecular formula is C21H27ClN4O4. The molecule has 2 N–H and O–H groups in total. The molecule has 1 amide bonds. The van der Waals surface area contributed by atoms with Crippen LogP contribution in [0.5, 0.6) is 0 Å². The van der Waals surface area contributed by atoms with E-state index in [2.05, 4.69) is 20.6 Å². The highest BCUT2D eigenvalue weighted by Gasteiger charge is 2.27.